The molecule has 5 heteroatoms. The Kier molecular flexibility index (Phi) is 3.66. The van der Waals surface area contributed by atoms with E-state index in [0.717, 1.165) is 30.8 Å². The summed E-state index contributed by atoms with van der Waals surface area (Å²) in [6.45, 7) is 1.75. The normalized spacial score (nSPS) is 37.0. The van der Waals surface area contributed by atoms with E-state index in [0.29, 0.717) is 6.42 Å². The lowest BCUT2D eigenvalue weighted by Crippen LogP contribution is -2.48. The molecule has 0 aromatic rings. The average molecular weight is 257 g/mol. The number of carboxylic acids is 1. The lowest BCUT2D eigenvalue weighted by molar-refractivity contribution is -0.149. The van der Waals surface area contributed by atoms with Crippen LogP contribution in [0.15, 0.2) is 0 Å². The Morgan fingerprint density at radius 1 is 1.41 bits per heavy atom. The van der Waals surface area contributed by atoms with E-state index in [-0.39, 0.29) is 17.9 Å². The monoisotopic (exact) mass is 257 g/mol. The van der Waals surface area contributed by atoms with Gasteiger partial charge in [0, 0.05) is 17.7 Å². The summed E-state index contributed by atoms with van der Waals surface area (Å²) in [5.74, 6) is 1.26. The van der Waals surface area contributed by atoms with Crippen LogP contribution in [0.4, 0.5) is 0 Å². The first-order valence-electron chi connectivity index (χ1n) is 6.15. The van der Waals surface area contributed by atoms with E-state index >= 15 is 0 Å². The zero-order chi connectivity index (χ0) is 12.5. The van der Waals surface area contributed by atoms with Crippen molar-refractivity contribution in [2.24, 2.45) is 11.3 Å². The fraction of sp³-hybridized carbons (Fsp3) is 0.833. The Morgan fingerprint density at radius 3 is 2.76 bits per heavy atom. The summed E-state index contributed by atoms with van der Waals surface area (Å²) in [4.78, 5) is 23.3. The summed E-state index contributed by atoms with van der Waals surface area (Å²) in [7, 11) is 0. The molecule has 0 bridgehead atoms. The number of rotatable bonds is 3. The number of aliphatic carboxylic acids is 1. The average Bonchev–Trinajstić information content (AvgIpc) is 2.89. The summed E-state index contributed by atoms with van der Waals surface area (Å²) in [6.07, 6.45) is 3.25. The molecule has 1 aliphatic carbocycles. The number of hydrogen-bond donors (Lipinski definition) is 2. The summed E-state index contributed by atoms with van der Waals surface area (Å²) in [6, 6.07) is -0.196. The van der Waals surface area contributed by atoms with Crippen LogP contribution in [-0.4, -0.2) is 34.5 Å². The highest BCUT2D eigenvalue weighted by Crippen LogP contribution is 2.38. The molecule has 96 valence electrons. The minimum Gasteiger partial charge on any atom is -0.481 e. The largest absolute Gasteiger partial charge is 0.481 e. The minimum absolute atomic E-state index is 0.0503. The smallest absolute Gasteiger partial charge is 0.311 e. The van der Waals surface area contributed by atoms with Crippen LogP contribution in [-0.2, 0) is 9.59 Å². The van der Waals surface area contributed by atoms with Crippen molar-refractivity contribution in [1.82, 2.24) is 5.32 Å². The molecule has 2 aliphatic rings. The van der Waals surface area contributed by atoms with Gasteiger partial charge >= 0.3 is 5.97 Å². The first-order valence-corrected chi connectivity index (χ1v) is 7.31. The summed E-state index contributed by atoms with van der Waals surface area (Å²) >= 11 is 1.80. The van der Waals surface area contributed by atoms with Crippen LogP contribution in [0.1, 0.15) is 32.6 Å². The molecule has 2 N–H and O–H groups in total. The highest BCUT2D eigenvalue weighted by atomic mass is 32.2. The summed E-state index contributed by atoms with van der Waals surface area (Å²) < 4.78 is 0. The van der Waals surface area contributed by atoms with Gasteiger partial charge in [-0.05, 0) is 31.9 Å². The zero-order valence-electron chi connectivity index (χ0n) is 10.1. The van der Waals surface area contributed by atoms with Crippen molar-refractivity contribution in [3.63, 3.8) is 0 Å². The number of thioether (sulfide) groups is 1. The van der Waals surface area contributed by atoms with E-state index in [9.17, 15) is 14.7 Å². The number of nitrogens with one attached hydrogen (secondary N) is 1. The van der Waals surface area contributed by atoms with Gasteiger partial charge < -0.3 is 10.4 Å². The van der Waals surface area contributed by atoms with Crippen LogP contribution in [0.5, 0.6) is 0 Å². The van der Waals surface area contributed by atoms with Gasteiger partial charge in [-0.25, -0.2) is 0 Å². The number of carbonyl (C=O) groups excluding carboxylic acids is 1. The minimum atomic E-state index is -0.791. The van der Waals surface area contributed by atoms with Gasteiger partial charge in [-0.15, -0.1) is 0 Å². The molecule has 0 radical (unpaired) electrons. The van der Waals surface area contributed by atoms with Crippen LogP contribution < -0.4 is 5.32 Å². The van der Waals surface area contributed by atoms with Crippen molar-refractivity contribution < 1.29 is 14.7 Å². The highest BCUT2D eigenvalue weighted by Gasteiger charge is 2.46. The molecule has 2 fully saturated rings. The van der Waals surface area contributed by atoms with Gasteiger partial charge in [0.2, 0.25) is 5.91 Å². The molecular weight excluding hydrogens is 238 g/mol. The maximum absolute atomic E-state index is 12.0. The maximum Gasteiger partial charge on any atom is 0.311 e. The third kappa shape index (κ3) is 2.44. The molecule has 4 nitrogen and oxygen atoms in total. The van der Waals surface area contributed by atoms with Crippen molar-refractivity contribution in [2.75, 3.05) is 11.5 Å². The summed E-state index contributed by atoms with van der Waals surface area (Å²) in [5.41, 5.74) is -0.776. The molecule has 0 aromatic heterocycles. The molecule has 0 aromatic carbocycles. The van der Waals surface area contributed by atoms with E-state index in [1.165, 1.54) is 0 Å². The zero-order valence-corrected chi connectivity index (χ0v) is 10.9. The van der Waals surface area contributed by atoms with Crippen molar-refractivity contribution in [3.05, 3.63) is 0 Å². The molecule has 1 heterocycles. The Hall–Kier alpha value is -0.710. The number of hydrogen-bond acceptors (Lipinski definition) is 3. The predicted molar refractivity (Wildman–Crippen MR) is 67.0 cm³/mol. The second kappa shape index (κ2) is 4.88. The standard InChI is InChI=1S/C12H19NO3S/c1-12(11(15)16)5-2-3-9(12)13-10(14)8-4-6-17-7-8/h8-9H,2-7H2,1H3,(H,13,14)(H,15,16). The topological polar surface area (TPSA) is 66.4 Å². The fourth-order valence-corrected chi connectivity index (χ4v) is 3.90. The third-order valence-corrected chi connectivity index (χ3v) is 5.23. The van der Waals surface area contributed by atoms with Gasteiger partial charge in [0.1, 0.15) is 0 Å². The molecule has 1 aliphatic heterocycles. The number of carbonyl (C=O) groups is 2. The van der Waals surface area contributed by atoms with Gasteiger partial charge in [0.15, 0.2) is 0 Å². The van der Waals surface area contributed by atoms with Crippen LogP contribution in [0.3, 0.4) is 0 Å². The van der Waals surface area contributed by atoms with Crippen LogP contribution in [0, 0.1) is 11.3 Å². The lowest BCUT2D eigenvalue weighted by atomic mass is 9.84. The SMILES string of the molecule is CC1(C(=O)O)CCCC1NC(=O)C1CCSC1. The maximum atomic E-state index is 12.0. The predicted octanol–water partition coefficient (Wildman–Crippen LogP) is 1.50. The Morgan fingerprint density at radius 2 is 2.18 bits per heavy atom. The Bertz CT molecular complexity index is 328. The molecular formula is C12H19NO3S. The van der Waals surface area contributed by atoms with Crippen LogP contribution in [0.25, 0.3) is 0 Å². The molecule has 1 amide bonds. The van der Waals surface area contributed by atoms with Gasteiger partial charge in [0.05, 0.1) is 5.41 Å². The number of amides is 1. The van der Waals surface area contributed by atoms with Crippen LogP contribution >= 0.6 is 11.8 Å². The Balaban J connectivity index is 1.98. The first kappa shape index (κ1) is 12.7. The molecule has 3 atom stereocenters. The lowest BCUT2D eigenvalue weighted by Gasteiger charge is -2.28. The quantitative estimate of drug-likeness (QED) is 0.804. The second-order valence-corrected chi connectivity index (χ2v) is 6.39. The fourth-order valence-electron chi connectivity index (χ4n) is 2.68. The van der Waals surface area contributed by atoms with Gasteiger partial charge in [0.25, 0.3) is 0 Å². The molecule has 1 saturated heterocycles. The second-order valence-electron chi connectivity index (χ2n) is 5.24. The van der Waals surface area contributed by atoms with Gasteiger partial charge in [-0.1, -0.05) is 6.42 Å². The first-order chi connectivity index (χ1) is 8.04. The van der Waals surface area contributed by atoms with Crippen molar-refractivity contribution in [2.45, 2.75) is 38.6 Å². The van der Waals surface area contributed by atoms with E-state index in [4.69, 9.17) is 0 Å². The molecule has 17 heavy (non-hydrogen) atoms. The Labute approximate surface area is 106 Å². The number of carboxylic acid groups (broad SMARTS) is 1. The van der Waals surface area contributed by atoms with E-state index in [2.05, 4.69) is 5.32 Å². The molecule has 3 unspecified atom stereocenters. The van der Waals surface area contributed by atoms with Crippen molar-refractivity contribution in [1.29, 1.82) is 0 Å². The van der Waals surface area contributed by atoms with Crippen molar-refractivity contribution >= 4 is 23.6 Å². The highest BCUT2D eigenvalue weighted by molar-refractivity contribution is 7.99. The van der Waals surface area contributed by atoms with E-state index in [1.807, 2.05) is 0 Å². The third-order valence-electron chi connectivity index (χ3n) is 4.06. The molecule has 2 rings (SSSR count). The van der Waals surface area contributed by atoms with Crippen molar-refractivity contribution in [3.8, 4) is 0 Å². The van der Waals surface area contributed by atoms with E-state index < -0.39 is 11.4 Å². The summed E-state index contributed by atoms with van der Waals surface area (Å²) in [5, 5.41) is 12.2. The molecule has 0 spiro atoms. The van der Waals surface area contributed by atoms with E-state index in [1.54, 1.807) is 18.7 Å². The van der Waals surface area contributed by atoms with Crippen LogP contribution in [0.2, 0.25) is 0 Å². The van der Waals surface area contributed by atoms with Gasteiger partial charge in [-0.2, -0.15) is 11.8 Å². The molecule has 1 saturated carbocycles. The van der Waals surface area contributed by atoms with Gasteiger partial charge in [-0.3, -0.25) is 9.59 Å².